The first-order chi connectivity index (χ1) is 12.7. The van der Waals surface area contributed by atoms with Gasteiger partial charge in [0.1, 0.15) is 24.7 Å². The zero-order valence-corrected chi connectivity index (χ0v) is 18.2. The van der Waals surface area contributed by atoms with Crippen molar-refractivity contribution in [2.24, 2.45) is 0 Å². The molecule has 1 saturated heterocycles. The third-order valence-electron chi connectivity index (χ3n) is 5.81. The minimum Gasteiger partial charge on any atom is -0.624 e. The molecule has 1 aromatic heterocycles. The second kappa shape index (κ2) is 7.94. The van der Waals surface area contributed by atoms with Crippen molar-refractivity contribution in [3.05, 3.63) is 38.3 Å². The number of H-pyrrole nitrogens is 1. The van der Waals surface area contributed by atoms with E-state index in [0.717, 1.165) is 0 Å². The molecule has 1 unspecified atom stereocenters. The summed E-state index contributed by atoms with van der Waals surface area (Å²) in [5, 5.41) is 22.5. The van der Waals surface area contributed by atoms with Crippen LogP contribution in [0.1, 0.15) is 39.8 Å². The summed E-state index contributed by atoms with van der Waals surface area (Å²) in [6, 6.07) is 1.22. The second-order valence-electron chi connectivity index (χ2n) is 8.93. The van der Waals surface area contributed by atoms with Crippen LogP contribution in [0.15, 0.2) is 21.9 Å². The Morgan fingerprint density at radius 2 is 2.14 bits per heavy atom. The van der Waals surface area contributed by atoms with Gasteiger partial charge in [-0.25, -0.2) is 9.53 Å². The lowest BCUT2D eigenvalue weighted by molar-refractivity contribution is -0.453. The first-order valence-electron chi connectivity index (χ1n) is 9.34. The van der Waals surface area contributed by atoms with Crippen molar-refractivity contribution in [1.82, 2.24) is 9.55 Å². The average Bonchev–Trinajstić information content (AvgIpc) is 2.87. The molecule has 3 atom stereocenters. The highest BCUT2D eigenvalue weighted by molar-refractivity contribution is 6.74. The number of aliphatic hydroxyl groups is 1. The monoisotopic (exact) mass is 413 g/mol. The number of nitrogens with one attached hydrogen (secondary N) is 1. The Bertz CT molecular complexity index is 828. The van der Waals surface area contributed by atoms with Crippen LogP contribution in [0, 0.1) is 5.21 Å². The molecule has 0 amide bonds. The van der Waals surface area contributed by atoms with Crippen molar-refractivity contribution < 1.29 is 19.0 Å². The molecule has 28 heavy (non-hydrogen) atoms. The van der Waals surface area contributed by atoms with Gasteiger partial charge in [0.15, 0.2) is 14.9 Å². The van der Waals surface area contributed by atoms with Gasteiger partial charge in [-0.1, -0.05) is 20.8 Å². The fourth-order valence-electron chi connectivity index (χ4n) is 2.89. The molecule has 1 aliphatic rings. The highest BCUT2D eigenvalue weighted by Crippen LogP contribution is 2.41. The Balaban J connectivity index is 2.25. The molecule has 0 saturated carbocycles. The van der Waals surface area contributed by atoms with Gasteiger partial charge in [0.05, 0.1) is 6.61 Å². The van der Waals surface area contributed by atoms with E-state index in [1.54, 1.807) is 0 Å². The van der Waals surface area contributed by atoms with E-state index in [4.69, 9.17) is 9.16 Å². The summed E-state index contributed by atoms with van der Waals surface area (Å²) in [5.74, 6) is 0. The molecule has 1 aromatic rings. The highest BCUT2D eigenvalue weighted by Gasteiger charge is 2.50. The first-order valence-corrected chi connectivity index (χ1v) is 12.2. The lowest BCUT2D eigenvalue weighted by Crippen LogP contribution is -2.48. The smallest absolute Gasteiger partial charge is 0.330 e. The summed E-state index contributed by atoms with van der Waals surface area (Å²) in [4.78, 5) is 25.6. The van der Waals surface area contributed by atoms with Crippen LogP contribution in [-0.2, 0) is 9.16 Å². The molecule has 2 heterocycles. The number of hydroxylamine groups is 1. The molecule has 10 heteroatoms. The summed E-state index contributed by atoms with van der Waals surface area (Å²) in [7, 11) is -2.09. The van der Waals surface area contributed by atoms with Crippen LogP contribution in [-0.4, -0.2) is 59.3 Å². The number of aromatic nitrogens is 2. The quantitative estimate of drug-likeness (QED) is 0.228. The van der Waals surface area contributed by atoms with Gasteiger partial charge >= 0.3 is 5.69 Å². The molecule has 1 fully saturated rings. The number of aromatic amines is 1. The Morgan fingerprint density at radius 1 is 1.50 bits per heavy atom. The highest BCUT2D eigenvalue weighted by atomic mass is 28.4. The van der Waals surface area contributed by atoms with E-state index < -0.39 is 37.5 Å². The molecule has 0 bridgehead atoms. The molecule has 0 aliphatic carbocycles. The van der Waals surface area contributed by atoms with Gasteiger partial charge in [0.25, 0.3) is 5.56 Å². The van der Waals surface area contributed by atoms with Gasteiger partial charge in [0.2, 0.25) is 0 Å². The molecule has 0 spiro atoms. The zero-order chi connectivity index (χ0) is 21.3. The Morgan fingerprint density at radius 3 is 2.68 bits per heavy atom. The maximum atomic E-state index is 12.1. The third-order valence-corrected chi connectivity index (χ3v) is 10.3. The maximum Gasteiger partial charge on any atom is 0.330 e. The fraction of sp³-hybridized carbons (Fsp3) is 0.722. The number of nitrogens with zero attached hydrogens (tertiary/aromatic N) is 2. The SMILES string of the molecule is C=[N+]([O-])CCC1(O)C[C@H](n2ccc(=O)[nH]c2=O)O[C@@H]1CO[Si](C)(C)C(C)(C)C. The summed E-state index contributed by atoms with van der Waals surface area (Å²) in [6.07, 6.45) is 0.0703. The van der Waals surface area contributed by atoms with E-state index in [2.05, 4.69) is 45.6 Å². The molecular weight excluding hydrogens is 382 g/mol. The summed E-state index contributed by atoms with van der Waals surface area (Å²) in [5.41, 5.74) is -2.48. The molecular formula is C18H31N3O6Si. The Hall–Kier alpha value is -1.75. The Labute approximate surface area is 165 Å². The van der Waals surface area contributed by atoms with Crippen molar-refractivity contribution in [2.45, 2.75) is 69.7 Å². The predicted molar refractivity (Wildman–Crippen MR) is 108 cm³/mol. The average molecular weight is 414 g/mol. The van der Waals surface area contributed by atoms with Crippen LogP contribution in [0.5, 0.6) is 0 Å². The number of ether oxygens (including phenoxy) is 1. The van der Waals surface area contributed by atoms with Gasteiger partial charge < -0.3 is 19.5 Å². The van der Waals surface area contributed by atoms with Gasteiger partial charge in [-0.2, -0.15) is 0 Å². The van der Waals surface area contributed by atoms with E-state index in [1.807, 2.05) is 0 Å². The molecule has 9 nitrogen and oxygen atoms in total. The Kier molecular flexibility index (Phi) is 6.39. The fourth-order valence-corrected chi connectivity index (χ4v) is 3.89. The van der Waals surface area contributed by atoms with Crippen LogP contribution in [0.3, 0.4) is 0 Å². The predicted octanol–water partition coefficient (Wildman–Crippen LogP) is 1.18. The molecule has 158 valence electrons. The van der Waals surface area contributed by atoms with Gasteiger partial charge in [-0.3, -0.25) is 14.3 Å². The van der Waals surface area contributed by atoms with Crippen molar-refractivity contribution in [3.63, 3.8) is 0 Å². The summed E-state index contributed by atoms with van der Waals surface area (Å²) < 4.78 is 13.9. The largest absolute Gasteiger partial charge is 0.624 e. The molecule has 2 rings (SSSR count). The van der Waals surface area contributed by atoms with E-state index in [-0.39, 0.29) is 31.0 Å². The van der Waals surface area contributed by atoms with Crippen molar-refractivity contribution in [2.75, 3.05) is 13.2 Å². The van der Waals surface area contributed by atoms with Crippen molar-refractivity contribution >= 4 is 15.0 Å². The lowest BCUT2D eigenvalue weighted by Gasteiger charge is -2.38. The number of rotatable bonds is 7. The van der Waals surface area contributed by atoms with E-state index in [9.17, 15) is 19.9 Å². The number of hydrogen-bond donors (Lipinski definition) is 2. The van der Waals surface area contributed by atoms with Crippen molar-refractivity contribution in [3.8, 4) is 0 Å². The molecule has 2 N–H and O–H groups in total. The summed E-state index contributed by atoms with van der Waals surface area (Å²) >= 11 is 0. The van der Waals surface area contributed by atoms with Crippen LogP contribution < -0.4 is 11.2 Å². The van der Waals surface area contributed by atoms with E-state index in [1.165, 1.54) is 16.8 Å². The maximum absolute atomic E-state index is 12.1. The minimum atomic E-state index is -2.09. The van der Waals surface area contributed by atoms with Crippen LogP contribution in [0.25, 0.3) is 0 Å². The van der Waals surface area contributed by atoms with Gasteiger partial charge in [-0.15, -0.1) is 0 Å². The topological polar surface area (TPSA) is 120 Å². The first kappa shape index (κ1) is 22.5. The molecule has 0 aromatic carbocycles. The third kappa shape index (κ3) is 4.99. The van der Waals surface area contributed by atoms with Gasteiger partial charge in [-0.05, 0) is 18.1 Å². The summed E-state index contributed by atoms with van der Waals surface area (Å²) in [6.45, 7) is 14.0. The van der Waals surface area contributed by atoms with Crippen LogP contribution in [0.2, 0.25) is 18.1 Å². The number of hydrogen-bond acceptors (Lipinski definition) is 6. The van der Waals surface area contributed by atoms with E-state index >= 15 is 0 Å². The minimum absolute atomic E-state index is 0.0157. The second-order valence-corrected chi connectivity index (χ2v) is 13.7. The zero-order valence-electron chi connectivity index (χ0n) is 17.2. The van der Waals surface area contributed by atoms with E-state index in [0.29, 0.717) is 4.74 Å². The normalized spacial score (nSPS) is 25.8. The van der Waals surface area contributed by atoms with Gasteiger partial charge in [0, 0.05) is 25.1 Å². The standard InChI is InChI=1S/C18H31N3O6Si/c1-17(2,3)28(5,6)26-12-13-18(24,8-10-20(4)25)11-15(27-13)21-9-7-14(22)19-16(21)23/h7,9,13,15,24H,4,8,10-12H2,1-3,5-6H3,(H,19,22,23)/t13-,15-,18?/m1/s1. The van der Waals surface area contributed by atoms with Crippen molar-refractivity contribution in [1.29, 1.82) is 0 Å². The molecule has 0 radical (unpaired) electrons. The van der Waals surface area contributed by atoms with Crippen LogP contribution >= 0.6 is 0 Å². The molecule has 1 aliphatic heterocycles. The van der Waals surface area contributed by atoms with Crippen LogP contribution in [0.4, 0.5) is 0 Å². The lowest BCUT2D eigenvalue weighted by atomic mass is 9.91.